The van der Waals surface area contributed by atoms with Crippen LogP contribution in [-0.2, 0) is 4.74 Å². The Morgan fingerprint density at radius 2 is 1.95 bits per heavy atom. The summed E-state index contributed by atoms with van der Waals surface area (Å²) < 4.78 is 5.88. The summed E-state index contributed by atoms with van der Waals surface area (Å²) in [6.45, 7) is 10.9. The van der Waals surface area contributed by atoms with E-state index in [0.29, 0.717) is 11.5 Å². The van der Waals surface area contributed by atoms with Crippen molar-refractivity contribution < 1.29 is 4.74 Å². The third-order valence-electron chi connectivity index (χ3n) is 5.59. The van der Waals surface area contributed by atoms with Crippen LogP contribution in [0.15, 0.2) is 0 Å². The van der Waals surface area contributed by atoms with Gasteiger partial charge in [-0.05, 0) is 57.4 Å². The van der Waals surface area contributed by atoms with Gasteiger partial charge in [0.15, 0.2) is 0 Å². The topological polar surface area (TPSA) is 38.5 Å². The molecule has 0 bridgehead atoms. The minimum absolute atomic E-state index is 0.240. The molecule has 1 saturated carbocycles. The van der Waals surface area contributed by atoms with Crippen LogP contribution >= 0.6 is 0 Å². The molecule has 1 aliphatic heterocycles. The van der Waals surface area contributed by atoms with E-state index in [-0.39, 0.29) is 5.54 Å². The highest BCUT2D eigenvalue weighted by Gasteiger charge is 2.41. The summed E-state index contributed by atoms with van der Waals surface area (Å²) in [7, 11) is 0. The molecule has 2 fully saturated rings. The van der Waals surface area contributed by atoms with Crippen molar-refractivity contribution >= 4 is 0 Å². The van der Waals surface area contributed by atoms with Gasteiger partial charge in [0.2, 0.25) is 0 Å². The summed E-state index contributed by atoms with van der Waals surface area (Å²) in [5.41, 5.74) is 7.00. The number of nitrogens with zero attached hydrogens (tertiary/aromatic N) is 1. The van der Waals surface area contributed by atoms with Gasteiger partial charge in [-0.25, -0.2) is 0 Å². The molecule has 118 valence electrons. The molecule has 0 aromatic heterocycles. The van der Waals surface area contributed by atoms with Gasteiger partial charge in [0.05, 0.1) is 6.10 Å². The maximum atomic E-state index is 6.26. The fourth-order valence-electron chi connectivity index (χ4n) is 4.11. The number of hydrogen-bond acceptors (Lipinski definition) is 3. The number of nitrogens with two attached hydrogens (primary N) is 1. The number of rotatable bonds is 4. The Hall–Kier alpha value is -0.120. The second kappa shape index (κ2) is 6.76. The van der Waals surface area contributed by atoms with Crippen LogP contribution in [0.3, 0.4) is 0 Å². The minimum Gasteiger partial charge on any atom is -0.377 e. The van der Waals surface area contributed by atoms with Crippen molar-refractivity contribution in [3.8, 4) is 0 Å². The van der Waals surface area contributed by atoms with E-state index in [1.807, 2.05) is 0 Å². The second-order valence-corrected chi connectivity index (χ2v) is 7.61. The van der Waals surface area contributed by atoms with Crippen LogP contribution in [0.2, 0.25) is 0 Å². The minimum atomic E-state index is 0.240. The molecule has 2 atom stereocenters. The second-order valence-electron chi connectivity index (χ2n) is 7.61. The molecular formula is C17H34N2O. The maximum absolute atomic E-state index is 6.26. The normalized spacial score (nSPS) is 35.7. The van der Waals surface area contributed by atoms with E-state index in [1.165, 1.54) is 51.5 Å². The van der Waals surface area contributed by atoms with Crippen molar-refractivity contribution in [2.75, 3.05) is 26.2 Å². The molecule has 2 unspecified atom stereocenters. The Kier molecular flexibility index (Phi) is 5.49. The first-order valence-electron chi connectivity index (χ1n) is 8.58. The molecule has 2 N–H and O–H groups in total. The summed E-state index contributed by atoms with van der Waals surface area (Å²) in [6.07, 6.45) is 9.40. The molecule has 0 radical (unpaired) electrons. The largest absolute Gasteiger partial charge is 0.377 e. The molecule has 3 heteroatoms. The molecular weight excluding hydrogens is 248 g/mol. The highest BCUT2D eigenvalue weighted by atomic mass is 16.5. The summed E-state index contributed by atoms with van der Waals surface area (Å²) >= 11 is 0. The zero-order valence-corrected chi connectivity index (χ0v) is 13.8. The lowest BCUT2D eigenvalue weighted by atomic mass is 9.82. The van der Waals surface area contributed by atoms with Gasteiger partial charge in [0.25, 0.3) is 0 Å². The first kappa shape index (κ1) is 16.3. The summed E-state index contributed by atoms with van der Waals surface area (Å²) in [5, 5.41) is 0. The predicted octanol–water partition coefficient (Wildman–Crippen LogP) is 3.18. The zero-order chi connectivity index (χ0) is 14.6. The van der Waals surface area contributed by atoms with Crippen LogP contribution in [-0.4, -0.2) is 42.8 Å². The summed E-state index contributed by atoms with van der Waals surface area (Å²) in [5.74, 6) is 0. The molecule has 2 rings (SSSR count). The van der Waals surface area contributed by atoms with E-state index in [9.17, 15) is 0 Å². The molecule has 1 saturated heterocycles. The molecule has 1 aliphatic carbocycles. The van der Waals surface area contributed by atoms with Gasteiger partial charge in [0.1, 0.15) is 0 Å². The number of piperidine rings is 1. The van der Waals surface area contributed by atoms with Gasteiger partial charge < -0.3 is 10.5 Å². The third kappa shape index (κ3) is 3.75. The Balaban J connectivity index is 2.05. The van der Waals surface area contributed by atoms with E-state index in [2.05, 4.69) is 25.7 Å². The van der Waals surface area contributed by atoms with Crippen LogP contribution < -0.4 is 5.73 Å². The molecule has 0 aromatic rings. The van der Waals surface area contributed by atoms with Crippen molar-refractivity contribution in [3.63, 3.8) is 0 Å². The smallest absolute Gasteiger partial charge is 0.0702 e. The fraction of sp³-hybridized carbons (Fsp3) is 1.00. The van der Waals surface area contributed by atoms with Gasteiger partial charge in [-0.2, -0.15) is 0 Å². The van der Waals surface area contributed by atoms with Crippen molar-refractivity contribution in [1.29, 1.82) is 0 Å². The molecule has 3 nitrogen and oxygen atoms in total. The number of hydrogen-bond donors (Lipinski definition) is 1. The van der Waals surface area contributed by atoms with Gasteiger partial charge in [-0.15, -0.1) is 0 Å². The van der Waals surface area contributed by atoms with Crippen LogP contribution in [0.1, 0.15) is 65.7 Å². The maximum Gasteiger partial charge on any atom is 0.0702 e. The zero-order valence-electron chi connectivity index (χ0n) is 13.8. The molecule has 0 spiro atoms. The average Bonchev–Trinajstić information content (AvgIpc) is 2.59. The lowest BCUT2D eigenvalue weighted by molar-refractivity contribution is -0.0378. The Morgan fingerprint density at radius 1 is 1.15 bits per heavy atom. The van der Waals surface area contributed by atoms with E-state index in [4.69, 9.17) is 10.5 Å². The quantitative estimate of drug-likeness (QED) is 0.805. The highest BCUT2D eigenvalue weighted by molar-refractivity contribution is 4.97. The van der Waals surface area contributed by atoms with Gasteiger partial charge in [-0.3, -0.25) is 4.90 Å². The van der Waals surface area contributed by atoms with Crippen LogP contribution in [0.4, 0.5) is 0 Å². The van der Waals surface area contributed by atoms with Crippen LogP contribution in [0, 0.1) is 5.41 Å². The summed E-state index contributed by atoms with van der Waals surface area (Å²) in [4.78, 5) is 2.68. The predicted molar refractivity (Wildman–Crippen MR) is 84.9 cm³/mol. The third-order valence-corrected chi connectivity index (χ3v) is 5.59. The molecule has 0 amide bonds. The lowest BCUT2D eigenvalue weighted by Gasteiger charge is -2.47. The van der Waals surface area contributed by atoms with Crippen molar-refractivity contribution in [3.05, 3.63) is 0 Å². The lowest BCUT2D eigenvalue weighted by Crippen LogP contribution is -2.58. The summed E-state index contributed by atoms with van der Waals surface area (Å²) in [6, 6.07) is 0. The fourth-order valence-corrected chi connectivity index (χ4v) is 4.11. The van der Waals surface area contributed by atoms with Crippen molar-refractivity contribution in [2.24, 2.45) is 11.1 Å². The average molecular weight is 282 g/mol. The van der Waals surface area contributed by atoms with Gasteiger partial charge in [-0.1, -0.05) is 20.3 Å². The molecule has 1 heterocycles. The van der Waals surface area contributed by atoms with E-state index < -0.39 is 0 Å². The number of ether oxygens (including phenoxy) is 1. The molecule has 0 aromatic carbocycles. The standard InChI is InChI=1S/C17H34N2O/c1-4-20-15-7-5-12-19(13-15)17(14-18)9-6-8-16(2,3)10-11-17/h15H,4-14,18H2,1-3H3. The first-order valence-corrected chi connectivity index (χ1v) is 8.58. The van der Waals surface area contributed by atoms with Gasteiger partial charge in [0, 0.05) is 25.2 Å². The first-order chi connectivity index (χ1) is 9.51. The van der Waals surface area contributed by atoms with E-state index >= 15 is 0 Å². The van der Waals surface area contributed by atoms with Crippen LogP contribution in [0.25, 0.3) is 0 Å². The van der Waals surface area contributed by atoms with Crippen molar-refractivity contribution in [2.45, 2.75) is 77.4 Å². The SMILES string of the molecule is CCOC1CCCN(C2(CN)CCCC(C)(C)CC2)C1. The van der Waals surface area contributed by atoms with Crippen molar-refractivity contribution in [1.82, 2.24) is 4.90 Å². The number of likely N-dealkylation sites (tertiary alicyclic amines) is 1. The van der Waals surface area contributed by atoms with E-state index in [0.717, 1.165) is 19.7 Å². The van der Waals surface area contributed by atoms with E-state index in [1.54, 1.807) is 0 Å². The van der Waals surface area contributed by atoms with Crippen LogP contribution in [0.5, 0.6) is 0 Å². The highest BCUT2D eigenvalue weighted by Crippen LogP contribution is 2.41. The molecule has 20 heavy (non-hydrogen) atoms. The monoisotopic (exact) mass is 282 g/mol. The Bertz CT molecular complexity index is 303. The Labute approximate surface area is 125 Å². The van der Waals surface area contributed by atoms with Gasteiger partial charge >= 0.3 is 0 Å². The molecule has 2 aliphatic rings. The Morgan fingerprint density at radius 3 is 2.65 bits per heavy atom.